The van der Waals surface area contributed by atoms with Gasteiger partial charge in [0.15, 0.2) is 17.9 Å². The predicted molar refractivity (Wildman–Crippen MR) is 80.1 cm³/mol. The lowest BCUT2D eigenvalue weighted by Crippen LogP contribution is -2.12. The first-order valence-corrected chi connectivity index (χ1v) is 7.65. The molecule has 2 aromatic rings. The minimum Gasteiger partial charge on any atom is -0.481 e. The van der Waals surface area contributed by atoms with E-state index in [2.05, 4.69) is 5.16 Å². The number of alkyl halides is 3. The minimum atomic E-state index is -4.62. The second kappa shape index (κ2) is 7.11. The monoisotopic (exact) mass is 345 g/mol. The average molecular weight is 345 g/mol. The maximum absolute atomic E-state index is 13.1. The van der Waals surface area contributed by atoms with Crippen molar-refractivity contribution < 1.29 is 32.3 Å². The Kier molecular flexibility index (Phi) is 5.36. The Morgan fingerprint density at radius 2 is 1.96 bits per heavy atom. The van der Waals surface area contributed by atoms with Crippen LogP contribution >= 0.6 is 0 Å². The molecule has 0 fully saturated rings. The van der Waals surface area contributed by atoms with E-state index in [-0.39, 0.29) is 11.0 Å². The first-order chi connectivity index (χ1) is 11.3. The predicted octanol–water partition coefficient (Wildman–Crippen LogP) is 4.22. The van der Waals surface area contributed by atoms with Gasteiger partial charge in [0.2, 0.25) is 0 Å². The van der Waals surface area contributed by atoms with E-state index in [0.717, 1.165) is 0 Å². The molecule has 0 aliphatic carbocycles. The molecule has 1 heterocycles. The molecule has 0 atom stereocenters. The molecule has 132 valence electrons. The van der Waals surface area contributed by atoms with E-state index in [0.29, 0.717) is 42.6 Å². The number of hydrogen-bond donors (Lipinski definition) is 1. The summed E-state index contributed by atoms with van der Waals surface area (Å²) in [4.78, 5) is 10.8. The van der Waals surface area contributed by atoms with Crippen molar-refractivity contribution in [2.45, 2.75) is 45.7 Å². The SMILES string of the molecule is CCCc1cc2c(C(F)(F)F)noc2c(CCC)c1OCC(=O)O. The Hall–Kier alpha value is -2.25. The number of hydrogen-bond acceptors (Lipinski definition) is 4. The smallest absolute Gasteiger partial charge is 0.437 e. The molecular formula is C16H18F3NO4. The summed E-state index contributed by atoms with van der Waals surface area (Å²) >= 11 is 0. The highest BCUT2D eigenvalue weighted by molar-refractivity contribution is 5.86. The van der Waals surface area contributed by atoms with Gasteiger partial charge in [-0.3, -0.25) is 0 Å². The van der Waals surface area contributed by atoms with Crippen LogP contribution in [0.4, 0.5) is 13.2 Å². The van der Waals surface area contributed by atoms with E-state index in [1.807, 2.05) is 13.8 Å². The third kappa shape index (κ3) is 3.63. The van der Waals surface area contributed by atoms with Gasteiger partial charge in [0.1, 0.15) is 5.75 Å². The summed E-state index contributed by atoms with van der Waals surface area (Å²) in [6.07, 6.45) is -2.45. The number of halogens is 3. The number of aliphatic carboxylic acids is 1. The molecule has 0 bridgehead atoms. The van der Waals surface area contributed by atoms with Crippen LogP contribution in [0, 0.1) is 0 Å². The van der Waals surface area contributed by atoms with Crippen molar-refractivity contribution in [1.29, 1.82) is 0 Å². The van der Waals surface area contributed by atoms with Gasteiger partial charge in [0.25, 0.3) is 0 Å². The van der Waals surface area contributed by atoms with Crippen molar-refractivity contribution in [3.05, 3.63) is 22.9 Å². The Balaban J connectivity index is 2.70. The van der Waals surface area contributed by atoms with Gasteiger partial charge in [-0.2, -0.15) is 13.2 Å². The molecule has 0 spiro atoms. The van der Waals surface area contributed by atoms with Gasteiger partial charge in [0.05, 0.1) is 5.39 Å². The molecule has 1 aromatic heterocycles. The van der Waals surface area contributed by atoms with Crippen LogP contribution in [0.2, 0.25) is 0 Å². The molecule has 0 amide bonds. The number of benzene rings is 1. The summed E-state index contributed by atoms with van der Waals surface area (Å²) in [5, 5.41) is 11.9. The largest absolute Gasteiger partial charge is 0.481 e. The normalized spacial score (nSPS) is 11.9. The first kappa shape index (κ1) is 18.1. The molecule has 8 heteroatoms. The number of fused-ring (bicyclic) bond motifs is 1. The minimum absolute atomic E-state index is 0.00409. The van der Waals surface area contributed by atoms with Gasteiger partial charge in [-0.25, -0.2) is 4.79 Å². The van der Waals surface area contributed by atoms with Gasteiger partial charge >= 0.3 is 12.1 Å². The zero-order chi connectivity index (χ0) is 17.9. The number of nitrogens with zero attached hydrogens (tertiary/aromatic N) is 1. The van der Waals surface area contributed by atoms with Crippen LogP contribution < -0.4 is 4.74 Å². The van der Waals surface area contributed by atoms with Crippen LogP contribution in [0.5, 0.6) is 5.75 Å². The molecule has 5 nitrogen and oxygen atoms in total. The van der Waals surface area contributed by atoms with Crippen molar-refractivity contribution >= 4 is 16.9 Å². The van der Waals surface area contributed by atoms with E-state index in [1.165, 1.54) is 6.07 Å². The molecular weight excluding hydrogens is 327 g/mol. The highest BCUT2D eigenvalue weighted by atomic mass is 19.4. The van der Waals surface area contributed by atoms with Gasteiger partial charge in [-0.15, -0.1) is 0 Å². The molecule has 0 saturated heterocycles. The van der Waals surface area contributed by atoms with Crippen molar-refractivity contribution in [2.75, 3.05) is 6.61 Å². The summed E-state index contributed by atoms with van der Waals surface area (Å²) < 4.78 is 49.6. The second-order valence-electron chi connectivity index (χ2n) is 5.43. The number of aryl methyl sites for hydroxylation is 2. The summed E-state index contributed by atoms with van der Waals surface area (Å²) in [6.45, 7) is 3.17. The summed E-state index contributed by atoms with van der Waals surface area (Å²) in [5.41, 5.74) is -0.104. The standard InChI is InChI=1S/C16H18F3NO4/c1-3-5-9-7-11-14(24-20-15(11)16(17,18)19)10(6-4-2)13(9)23-8-12(21)22/h7H,3-6,8H2,1-2H3,(H,21,22). The molecule has 1 aromatic carbocycles. The summed E-state index contributed by atoms with van der Waals surface area (Å²) in [5.74, 6) is -0.869. The molecule has 1 N–H and O–H groups in total. The summed E-state index contributed by atoms with van der Waals surface area (Å²) in [7, 11) is 0. The van der Waals surface area contributed by atoms with E-state index in [4.69, 9.17) is 14.4 Å². The van der Waals surface area contributed by atoms with E-state index in [1.54, 1.807) is 0 Å². The van der Waals surface area contributed by atoms with Crippen molar-refractivity contribution in [3.63, 3.8) is 0 Å². The number of ether oxygens (including phenoxy) is 1. The van der Waals surface area contributed by atoms with Crippen LogP contribution in [-0.4, -0.2) is 22.8 Å². The number of carboxylic acid groups (broad SMARTS) is 1. The molecule has 0 unspecified atom stereocenters. The maximum Gasteiger partial charge on any atom is 0.437 e. The maximum atomic E-state index is 13.1. The average Bonchev–Trinajstić information content (AvgIpc) is 2.90. The molecule has 0 aliphatic heterocycles. The van der Waals surface area contributed by atoms with Crippen LogP contribution in [-0.2, 0) is 23.8 Å². The fourth-order valence-electron chi connectivity index (χ4n) is 2.64. The van der Waals surface area contributed by atoms with Gasteiger partial charge in [0, 0.05) is 5.56 Å². The number of carbonyl (C=O) groups is 1. The van der Waals surface area contributed by atoms with E-state index in [9.17, 15) is 18.0 Å². The quantitative estimate of drug-likeness (QED) is 0.813. The molecule has 0 aliphatic rings. The van der Waals surface area contributed by atoms with Crippen LogP contribution in [0.25, 0.3) is 11.0 Å². The van der Waals surface area contributed by atoms with Crippen molar-refractivity contribution in [2.24, 2.45) is 0 Å². The Labute approximate surface area is 136 Å². The van der Waals surface area contributed by atoms with Crippen molar-refractivity contribution in [1.82, 2.24) is 5.16 Å². The van der Waals surface area contributed by atoms with E-state index >= 15 is 0 Å². The zero-order valence-electron chi connectivity index (χ0n) is 13.4. The molecule has 0 saturated carbocycles. The van der Waals surface area contributed by atoms with Crippen LogP contribution in [0.3, 0.4) is 0 Å². The fourth-order valence-corrected chi connectivity index (χ4v) is 2.64. The van der Waals surface area contributed by atoms with Gasteiger partial charge in [-0.1, -0.05) is 31.8 Å². The fraction of sp³-hybridized carbons (Fsp3) is 0.500. The Bertz CT molecular complexity index is 737. The highest BCUT2D eigenvalue weighted by Gasteiger charge is 2.38. The van der Waals surface area contributed by atoms with Crippen LogP contribution in [0.15, 0.2) is 10.6 Å². The lowest BCUT2D eigenvalue weighted by Gasteiger charge is -2.15. The first-order valence-electron chi connectivity index (χ1n) is 7.65. The molecule has 2 rings (SSSR count). The lowest BCUT2D eigenvalue weighted by molar-refractivity contribution is -0.141. The number of aromatic nitrogens is 1. The second-order valence-corrected chi connectivity index (χ2v) is 5.43. The Morgan fingerprint density at radius 3 is 2.50 bits per heavy atom. The van der Waals surface area contributed by atoms with Gasteiger partial charge < -0.3 is 14.4 Å². The third-order valence-corrected chi connectivity index (χ3v) is 3.51. The topological polar surface area (TPSA) is 72.6 Å². The van der Waals surface area contributed by atoms with Crippen LogP contribution in [0.1, 0.15) is 43.5 Å². The zero-order valence-corrected chi connectivity index (χ0v) is 13.4. The Morgan fingerprint density at radius 1 is 1.29 bits per heavy atom. The summed E-state index contributed by atoms with van der Waals surface area (Å²) in [6, 6.07) is 1.34. The highest BCUT2D eigenvalue weighted by Crippen LogP contribution is 2.40. The number of rotatable bonds is 7. The molecule has 24 heavy (non-hydrogen) atoms. The lowest BCUT2D eigenvalue weighted by atomic mass is 9.98. The van der Waals surface area contributed by atoms with E-state index < -0.39 is 24.4 Å². The number of carboxylic acids is 1. The van der Waals surface area contributed by atoms with Crippen molar-refractivity contribution in [3.8, 4) is 5.75 Å². The molecule has 0 radical (unpaired) electrons. The third-order valence-electron chi connectivity index (χ3n) is 3.51. The van der Waals surface area contributed by atoms with Gasteiger partial charge in [-0.05, 0) is 24.5 Å².